The quantitative estimate of drug-likeness (QED) is 0.635. The summed E-state index contributed by atoms with van der Waals surface area (Å²) < 4.78 is 6.93. The van der Waals surface area contributed by atoms with Gasteiger partial charge in [-0.1, -0.05) is 20.8 Å². The molecular formula is C18H21N5O2S. The molecule has 0 bridgehead atoms. The van der Waals surface area contributed by atoms with Gasteiger partial charge >= 0.3 is 6.01 Å². The summed E-state index contributed by atoms with van der Waals surface area (Å²) in [7, 11) is 0. The van der Waals surface area contributed by atoms with Gasteiger partial charge in [0, 0.05) is 35.1 Å². The summed E-state index contributed by atoms with van der Waals surface area (Å²) in [5.74, 6) is 0.406. The Morgan fingerprint density at radius 2 is 1.92 bits per heavy atom. The molecular weight excluding hydrogens is 350 g/mol. The van der Waals surface area contributed by atoms with Crippen LogP contribution in [0.2, 0.25) is 0 Å². The second-order valence-electron chi connectivity index (χ2n) is 6.25. The van der Waals surface area contributed by atoms with Crippen molar-refractivity contribution >= 4 is 11.3 Å². The molecule has 0 aliphatic carbocycles. The summed E-state index contributed by atoms with van der Waals surface area (Å²) in [5.41, 5.74) is 1.22. The fourth-order valence-electron chi connectivity index (χ4n) is 2.21. The molecule has 0 radical (unpaired) electrons. The maximum absolute atomic E-state index is 12.1. The van der Waals surface area contributed by atoms with Crippen LogP contribution in [-0.2, 0) is 13.0 Å². The normalized spacial score (nSPS) is 11.1. The molecule has 0 aliphatic rings. The van der Waals surface area contributed by atoms with Crippen LogP contribution in [0.4, 0.5) is 0 Å². The van der Waals surface area contributed by atoms with Crippen molar-refractivity contribution in [2.24, 2.45) is 5.92 Å². The molecule has 0 spiro atoms. The molecule has 0 unspecified atom stereocenters. The summed E-state index contributed by atoms with van der Waals surface area (Å²) >= 11 is 1.60. The Hall–Kier alpha value is -2.61. The molecule has 3 aromatic rings. The second kappa shape index (κ2) is 8.18. The first-order valence-electron chi connectivity index (χ1n) is 8.52. The molecule has 0 amide bonds. The van der Waals surface area contributed by atoms with E-state index in [2.05, 4.69) is 40.8 Å². The van der Waals surface area contributed by atoms with Gasteiger partial charge < -0.3 is 4.74 Å². The van der Waals surface area contributed by atoms with Gasteiger partial charge in [-0.25, -0.2) is 19.6 Å². The third-order valence-electron chi connectivity index (χ3n) is 3.55. The first-order chi connectivity index (χ1) is 12.5. The Balaban J connectivity index is 1.79. The Morgan fingerprint density at radius 3 is 2.58 bits per heavy atom. The predicted octanol–water partition coefficient (Wildman–Crippen LogP) is 2.80. The lowest BCUT2D eigenvalue weighted by Gasteiger charge is -2.08. The molecule has 0 N–H and O–H groups in total. The lowest BCUT2D eigenvalue weighted by atomic mass is 10.2. The van der Waals surface area contributed by atoms with E-state index < -0.39 is 0 Å². The monoisotopic (exact) mass is 371 g/mol. The van der Waals surface area contributed by atoms with Gasteiger partial charge in [-0.05, 0) is 18.4 Å². The van der Waals surface area contributed by atoms with Crippen LogP contribution in [0.1, 0.15) is 30.7 Å². The van der Waals surface area contributed by atoms with Crippen molar-refractivity contribution < 1.29 is 4.74 Å². The molecule has 0 fully saturated rings. The summed E-state index contributed by atoms with van der Waals surface area (Å²) in [6.07, 6.45) is 5.99. The van der Waals surface area contributed by atoms with Gasteiger partial charge in [-0.2, -0.15) is 5.10 Å². The van der Waals surface area contributed by atoms with E-state index >= 15 is 0 Å². The Bertz CT molecular complexity index is 918. The number of thiazole rings is 1. The SMILES string of the molecule is CCc1ncc(Cn2nc(-c3cnc(OCC(C)C)nc3)ccc2=O)s1. The molecule has 3 aromatic heterocycles. The van der Waals surface area contributed by atoms with Crippen molar-refractivity contribution in [3.63, 3.8) is 0 Å². The predicted molar refractivity (Wildman–Crippen MR) is 100 cm³/mol. The average Bonchev–Trinajstić information content (AvgIpc) is 3.10. The van der Waals surface area contributed by atoms with E-state index in [9.17, 15) is 4.79 Å². The van der Waals surface area contributed by atoms with Crippen LogP contribution < -0.4 is 10.3 Å². The van der Waals surface area contributed by atoms with Crippen molar-refractivity contribution in [3.8, 4) is 17.3 Å². The van der Waals surface area contributed by atoms with Gasteiger partial charge in [0.15, 0.2) is 0 Å². The summed E-state index contributed by atoms with van der Waals surface area (Å²) in [6.45, 7) is 7.16. The number of rotatable bonds is 7. The number of aryl methyl sites for hydroxylation is 1. The van der Waals surface area contributed by atoms with Crippen LogP contribution in [0.3, 0.4) is 0 Å². The molecule has 0 saturated carbocycles. The fourth-order valence-corrected chi connectivity index (χ4v) is 3.06. The Kier molecular flexibility index (Phi) is 5.72. The summed E-state index contributed by atoms with van der Waals surface area (Å²) in [5, 5.41) is 5.49. The van der Waals surface area contributed by atoms with Crippen LogP contribution in [0, 0.1) is 5.92 Å². The lowest BCUT2D eigenvalue weighted by molar-refractivity contribution is 0.251. The highest BCUT2D eigenvalue weighted by molar-refractivity contribution is 7.11. The van der Waals surface area contributed by atoms with Crippen molar-refractivity contribution in [2.75, 3.05) is 6.61 Å². The van der Waals surface area contributed by atoms with Crippen molar-refractivity contribution in [1.82, 2.24) is 24.7 Å². The smallest absolute Gasteiger partial charge is 0.316 e. The van der Waals surface area contributed by atoms with E-state index in [1.165, 1.54) is 10.7 Å². The Labute approximate surface area is 155 Å². The van der Waals surface area contributed by atoms with E-state index in [0.717, 1.165) is 21.9 Å². The highest BCUT2D eigenvalue weighted by Crippen LogP contribution is 2.17. The fraction of sp³-hybridized carbons (Fsp3) is 0.389. The lowest BCUT2D eigenvalue weighted by Crippen LogP contribution is -2.22. The van der Waals surface area contributed by atoms with E-state index in [-0.39, 0.29) is 5.56 Å². The average molecular weight is 371 g/mol. The van der Waals surface area contributed by atoms with Gasteiger partial charge in [0.25, 0.3) is 5.56 Å². The van der Waals surface area contributed by atoms with Gasteiger partial charge in [0.05, 0.1) is 23.9 Å². The van der Waals surface area contributed by atoms with Gasteiger partial charge in [-0.3, -0.25) is 4.79 Å². The third-order valence-corrected chi connectivity index (χ3v) is 4.67. The largest absolute Gasteiger partial charge is 0.463 e. The maximum Gasteiger partial charge on any atom is 0.316 e. The molecule has 0 aromatic carbocycles. The molecule has 7 nitrogen and oxygen atoms in total. The zero-order chi connectivity index (χ0) is 18.5. The number of aromatic nitrogens is 5. The summed E-state index contributed by atoms with van der Waals surface area (Å²) in [6, 6.07) is 3.52. The molecule has 8 heteroatoms. The van der Waals surface area contributed by atoms with Crippen LogP contribution in [0.5, 0.6) is 6.01 Å². The number of nitrogens with zero attached hydrogens (tertiary/aromatic N) is 5. The minimum atomic E-state index is -0.155. The van der Waals surface area contributed by atoms with Crippen LogP contribution in [0.15, 0.2) is 35.5 Å². The van der Waals surface area contributed by atoms with Crippen molar-refractivity contribution in [3.05, 3.63) is 51.0 Å². The van der Waals surface area contributed by atoms with Crippen molar-refractivity contribution in [1.29, 1.82) is 0 Å². The summed E-state index contributed by atoms with van der Waals surface area (Å²) in [4.78, 5) is 25.9. The van der Waals surface area contributed by atoms with Gasteiger partial charge in [0.1, 0.15) is 0 Å². The molecule has 0 atom stereocenters. The zero-order valence-electron chi connectivity index (χ0n) is 15.0. The van der Waals surface area contributed by atoms with E-state index in [1.807, 2.05) is 0 Å². The van der Waals surface area contributed by atoms with Gasteiger partial charge in [-0.15, -0.1) is 11.3 Å². The topological polar surface area (TPSA) is 82.8 Å². The van der Waals surface area contributed by atoms with Gasteiger partial charge in [0.2, 0.25) is 0 Å². The molecule has 136 valence electrons. The van der Waals surface area contributed by atoms with E-state index in [4.69, 9.17) is 4.74 Å². The van der Waals surface area contributed by atoms with E-state index in [0.29, 0.717) is 30.8 Å². The first-order valence-corrected chi connectivity index (χ1v) is 9.33. The minimum Gasteiger partial charge on any atom is -0.463 e. The molecule has 0 saturated heterocycles. The second-order valence-corrected chi connectivity index (χ2v) is 7.45. The maximum atomic E-state index is 12.1. The number of hydrogen-bond donors (Lipinski definition) is 0. The molecule has 3 rings (SSSR count). The number of ether oxygens (including phenoxy) is 1. The standard InChI is InChI=1S/C18H21N5O2S/c1-4-16-19-9-14(26-16)10-23-17(24)6-5-15(22-23)13-7-20-18(21-8-13)25-11-12(2)3/h5-9,12H,4,10-11H2,1-3H3. The van der Waals surface area contributed by atoms with Crippen LogP contribution >= 0.6 is 11.3 Å². The highest BCUT2D eigenvalue weighted by atomic mass is 32.1. The van der Waals surface area contributed by atoms with Crippen molar-refractivity contribution in [2.45, 2.75) is 33.7 Å². The van der Waals surface area contributed by atoms with Crippen LogP contribution in [0.25, 0.3) is 11.3 Å². The zero-order valence-corrected chi connectivity index (χ0v) is 15.9. The molecule has 0 aliphatic heterocycles. The van der Waals surface area contributed by atoms with Crippen LogP contribution in [-0.4, -0.2) is 31.3 Å². The third kappa shape index (κ3) is 4.51. The Morgan fingerprint density at radius 1 is 1.15 bits per heavy atom. The molecule has 26 heavy (non-hydrogen) atoms. The number of hydrogen-bond acceptors (Lipinski definition) is 7. The molecule has 3 heterocycles. The van der Waals surface area contributed by atoms with E-state index in [1.54, 1.807) is 36.0 Å². The highest BCUT2D eigenvalue weighted by Gasteiger charge is 2.08. The first kappa shape index (κ1) is 18.2. The minimum absolute atomic E-state index is 0.155.